The van der Waals surface area contributed by atoms with Crippen LogP contribution in [0.4, 0.5) is 15.8 Å². The fourth-order valence-corrected chi connectivity index (χ4v) is 3.59. The first-order valence-electron chi connectivity index (χ1n) is 6.86. The van der Waals surface area contributed by atoms with Gasteiger partial charge in [-0.25, -0.2) is 4.39 Å². The molecule has 1 amide bonds. The molecule has 0 aliphatic carbocycles. The lowest BCUT2D eigenvalue weighted by Gasteiger charge is -2.21. The van der Waals surface area contributed by atoms with Crippen LogP contribution in [-0.2, 0) is 20.3 Å². The summed E-state index contributed by atoms with van der Waals surface area (Å²) in [6.07, 6.45) is 1.62. The van der Waals surface area contributed by atoms with E-state index >= 15 is 0 Å². The zero-order valence-corrected chi connectivity index (χ0v) is 12.5. The van der Waals surface area contributed by atoms with E-state index in [9.17, 15) is 13.4 Å². The van der Waals surface area contributed by atoms with E-state index in [1.165, 1.54) is 18.2 Å². The van der Waals surface area contributed by atoms with Gasteiger partial charge >= 0.3 is 0 Å². The van der Waals surface area contributed by atoms with Crippen molar-refractivity contribution in [1.82, 2.24) is 0 Å². The van der Waals surface area contributed by atoms with Gasteiger partial charge < -0.3 is 15.8 Å². The summed E-state index contributed by atoms with van der Waals surface area (Å²) in [6.45, 7) is 1.24. The number of nitrogens with one attached hydrogen (secondary N) is 1. The Kier molecular flexibility index (Phi) is 5.69. The Bertz CT molecular complexity index is 533. The number of hydrogen-bond acceptors (Lipinski definition) is 4. The molecule has 3 N–H and O–H groups in total. The maximum absolute atomic E-state index is 13.5. The largest absolute Gasteiger partial charge is 0.399 e. The molecule has 2 rings (SSSR count). The van der Waals surface area contributed by atoms with Crippen LogP contribution in [0.25, 0.3) is 0 Å². The zero-order valence-electron chi connectivity index (χ0n) is 11.6. The second-order valence-electron chi connectivity index (χ2n) is 4.93. The molecule has 1 aromatic rings. The average molecular weight is 314 g/mol. The minimum Gasteiger partial charge on any atom is -0.399 e. The van der Waals surface area contributed by atoms with Crippen molar-refractivity contribution in [1.29, 1.82) is 0 Å². The number of ether oxygens (including phenoxy) is 1. The Morgan fingerprint density at radius 3 is 2.86 bits per heavy atom. The minimum atomic E-state index is -1.05. The summed E-state index contributed by atoms with van der Waals surface area (Å²) in [5.74, 6) is -0.622. The van der Waals surface area contributed by atoms with E-state index in [2.05, 4.69) is 5.32 Å². The van der Waals surface area contributed by atoms with Crippen LogP contribution in [0.5, 0.6) is 0 Å². The molecular formula is C14H19FN2O3S. The molecule has 1 unspecified atom stereocenters. The average Bonchev–Trinajstić information content (AvgIpc) is 2.49. The quantitative estimate of drug-likeness (QED) is 0.810. The second-order valence-corrected chi connectivity index (χ2v) is 6.77. The molecule has 7 heteroatoms. The Balaban J connectivity index is 1.81. The number of amides is 1. The maximum Gasteiger partial charge on any atom is 0.225 e. The first kappa shape index (κ1) is 15.9. The summed E-state index contributed by atoms with van der Waals surface area (Å²) in [5.41, 5.74) is 5.97. The molecule has 0 spiro atoms. The van der Waals surface area contributed by atoms with E-state index in [0.717, 1.165) is 12.8 Å². The standard InChI is InChI=1S/C14H19FN2O3S/c15-12-2-1-10(16)9-13(12)17-14(18)5-8-21(19)11-3-6-20-7-4-11/h1-2,9,11H,3-8,16H2,(H,17,18). The van der Waals surface area contributed by atoms with Gasteiger partial charge in [0.05, 0.1) is 5.69 Å². The summed E-state index contributed by atoms with van der Waals surface area (Å²) in [7, 11) is -1.05. The summed E-state index contributed by atoms with van der Waals surface area (Å²) in [5, 5.41) is 2.55. The van der Waals surface area contributed by atoms with Crippen LogP contribution in [0.2, 0.25) is 0 Å². The Labute approximate surface area is 125 Å². The third-order valence-electron chi connectivity index (χ3n) is 3.33. The molecule has 1 aliphatic heterocycles. The van der Waals surface area contributed by atoms with Gasteiger partial charge in [-0.15, -0.1) is 0 Å². The fraction of sp³-hybridized carbons (Fsp3) is 0.500. The van der Waals surface area contributed by atoms with Gasteiger partial charge in [0.25, 0.3) is 0 Å². The Hall–Kier alpha value is -1.47. The van der Waals surface area contributed by atoms with Crippen molar-refractivity contribution >= 4 is 28.1 Å². The van der Waals surface area contributed by atoms with E-state index in [1.54, 1.807) is 0 Å². The molecule has 1 saturated heterocycles. The Morgan fingerprint density at radius 2 is 2.14 bits per heavy atom. The number of rotatable bonds is 5. The van der Waals surface area contributed by atoms with Crippen LogP contribution >= 0.6 is 0 Å². The maximum atomic E-state index is 13.5. The van der Waals surface area contributed by atoms with E-state index in [-0.39, 0.29) is 29.0 Å². The smallest absolute Gasteiger partial charge is 0.225 e. The molecule has 0 radical (unpaired) electrons. The SMILES string of the molecule is Nc1ccc(F)c(NC(=O)CCS(=O)C2CCOCC2)c1. The van der Waals surface area contributed by atoms with Gasteiger partial charge in [-0.1, -0.05) is 0 Å². The summed E-state index contributed by atoms with van der Waals surface area (Å²) >= 11 is 0. The predicted octanol–water partition coefficient (Wildman–Crippen LogP) is 1.66. The molecule has 0 bridgehead atoms. The van der Waals surface area contributed by atoms with Crippen LogP contribution in [0.3, 0.4) is 0 Å². The molecule has 0 saturated carbocycles. The highest BCUT2D eigenvalue weighted by Gasteiger charge is 2.20. The van der Waals surface area contributed by atoms with E-state index in [1.807, 2.05) is 0 Å². The molecule has 116 valence electrons. The topological polar surface area (TPSA) is 81.4 Å². The van der Waals surface area contributed by atoms with Crippen LogP contribution in [-0.4, -0.2) is 34.3 Å². The highest BCUT2D eigenvalue weighted by molar-refractivity contribution is 7.85. The molecule has 1 atom stereocenters. The first-order chi connectivity index (χ1) is 10.1. The van der Waals surface area contributed by atoms with Gasteiger partial charge in [0.2, 0.25) is 5.91 Å². The third kappa shape index (κ3) is 4.78. The van der Waals surface area contributed by atoms with Crippen LogP contribution in [0.15, 0.2) is 18.2 Å². The number of carbonyl (C=O) groups is 1. The van der Waals surface area contributed by atoms with Crippen molar-refractivity contribution in [3.63, 3.8) is 0 Å². The van der Waals surface area contributed by atoms with Gasteiger partial charge in [-0.3, -0.25) is 9.00 Å². The monoisotopic (exact) mass is 314 g/mol. The fourth-order valence-electron chi connectivity index (χ4n) is 2.15. The van der Waals surface area contributed by atoms with Gasteiger partial charge in [0.15, 0.2) is 0 Å². The van der Waals surface area contributed by atoms with E-state index < -0.39 is 16.6 Å². The van der Waals surface area contributed by atoms with Gasteiger partial charge in [0, 0.05) is 47.1 Å². The molecule has 1 aromatic carbocycles. The molecule has 21 heavy (non-hydrogen) atoms. The van der Waals surface area contributed by atoms with Gasteiger partial charge in [-0.2, -0.15) is 0 Å². The van der Waals surface area contributed by atoms with E-state index in [4.69, 9.17) is 10.5 Å². The third-order valence-corrected chi connectivity index (χ3v) is 5.16. The number of benzene rings is 1. The molecule has 1 fully saturated rings. The molecule has 1 aliphatic rings. The lowest BCUT2D eigenvalue weighted by molar-refractivity contribution is -0.115. The van der Waals surface area contributed by atoms with E-state index in [0.29, 0.717) is 18.9 Å². The number of carbonyl (C=O) groups excluding carboxylic acids is 1. The van der Waals surface area contributed by atoms with Crippen molar-refractivity contribution < 1.29 is 18.1 Å². The highest BCUT2D eigenvalue weighted by Crippen LogP contribution is 2.18. The Morgan fingerprint density at radius 1 is 1.43 bits per heavy atom. The summed E-state index contributed by atoms with van der Waals surface area (Å²) < 4.78 is 30.7. The van der Waals surface area contributed by atoms with Gasteiger partial charge in [0.1, 0.15) is 5.82 Å². The number of hydrogen-bond donors (Lipinski definition) is 2. The molecule has 5 nitrogen and oxygen atoms in total. The van der Waals surface area contributed by atoms with Crippen molar-refractivity contribution in [2.75, 3.05) is 30.0 Å². The normalized spacial score (nSPS) is 17.4. The molecule has 0 aromatic heterocycles. The number of nitrogen functional groups attached to an aromatic ring is 1. The predicted molar refractivity (Wildman–Crippen MR) is 80.9 cm³/mol. The first-order valence-corrected chi connectivity index (χ1v) is 8.24. The van der Waals surface area contributed by atoms with Gasteiger partial charge in [-0.05, 0) is 31.0 Å². The van der Waals surface area contributed by atoms with Crippen molar-refractivity contribution in [3.8, 4) is 0 Å². The van der Waals surface area contributed by atoms with Crippen molar-refractivity contribution in [2.24, 2.45) is 0 Å². The lowest BCUT2D eigenvalue weighted by Crippen LogP contribution is -2.27. The zero-order chi connectivity index (χ0) is 15.2. The number of halogens is 1. The van der Waals surface area contributed by atoms with Crippen LogP contribution < -0.4 is 11.1 Å². The molecular weight excluding hydrogens is 295 g/mol. The van der Waals surface area contributed by atoms with Crippen molar-refractivity contribution in [2.45, 2.75) is 24.5 Å². The second kappa shape index (κ2) is 7.51. The van der Waals surface area contributed by atoms with Crippen LogP contribution in [0.1, 0.15) is 19.3 Å². The van der Waals surface area contributed by atoms with Crippen molar-refractivity contribution in [3.05, 3.63) is 24.0 Å². The summed E-state index contributed by atoms with van der Waals surface area (Å²) in [4.78, 5) is 11.8. The number of nitrogens with two attached hydrogens (primary N) is 1. The number of anilines is 2. The summed E-state index contributed by atoms with van der Waals surface area (Å²) in [6, 6.07) is 3.99. The highest BCUT2D eigenvalue weighted by atomic mass is 32.2. The lowest BCUT2D eigenvalue weighted by atomic mass is 10.2. The van der Waals surface area contributed by atoms with Crippen LogP contribution in [0, 0.1) is 5.82 Å². The molecule has 1 heterocycles. The minimum absolute atomic E-state index is 0.0526.